The molecule has 21 heavy (non-hydrogen) atoms. The third kappa shape index (κ3) is 3.09. The maximum absolute atomic E-state index is 12.7. The minimum absolute atomic E-state index is 0.0291. The molecule has 1 fully saturated rings. The molecule has 0 amide bonds. The molecule has 1 aromatic rings. The second kappa shape index (κ2) is 6.13. The molecule has 2 N–H and O–H groups in total. The summed E-state index contributed by atoms with van der Waals surface area (Å²) in [6.45, 7) is 2.68. The van der Waals surface area contributed by atoms with Gasteiger partial charge in [0, 0.05) is 19.1 Å². The standard InChI is InChI=1S/C14H20N2O4S/c1-10-7-8-16(9-12(10)15)21(18,19)13-6-4-3-5-11(13)14(17)20-2/h3-6,10,12H,7-9,15H2,1-2H3. The van der Waals surface area contributed by atoms with Gasteiger partial charge in [-0.25, -0.2) is 13.2 Å². The lowest BCUT2D eigenvalue weighted by atomic mass is 9.96. The van der Waals surface area contributed by atoms with Crippen molar-refractivity contribution in [1.29, 1.82) is 0 Å². The molecule has 116 valence electrons. The largest absolute Gasteiger partial charge is 0.465 e. The Kier molecular flexibility index (Phi) is 4.65. The Morgan fingerprint density at radius 3 is 2.67 bits per heavy atom. The fourth-order valence-corrected chi connectivity index (χ4v) is 4.07. The highest BCUT2D eigenvalue weighted by Gasteiger charge is 2.34. The number of benzene rings is 1. The Bertz CT molecular complexity index is 630. The Morgan fingerprint density at radius 1 is 1.38 bits per heavy atom. The van der Waals surface area contributed by atoms with Crippen LogP contribution in [-0.2, 0) is 14.8 Å². The summed E-state index contributed by atoms with van der Waals surface area (Å²) >= 11 is 0. The lowest BCUT2D eigenvalue weighted by Crippen LogP contribution is -2.49. The SMILES string of the molecule is COC(=O)c1ccccc1S(=O)(=O)N1CCC(C)C(N)C1. The normalized spacial score (nSPS) is 23.8. The van der Waals surface area contributed by atoms with E-state index in [0.29, 0.717) is 13.0 Å². The van der Waals surface area contributed by atoms with Gasteiger partial charge in [0.2, 0.25) is 10.0 Å². The Hall–Kier alpha value is -1.44. The average molecular weight is 312 g/mol. The number of sulfonamides is 1. The van der Waals surface area contributed by atoms with Crippen LogP contribution in [0.25, 0.3) is 0 Å². The number of nitrogens with zero attached hydrogens (tertiary/aromatic N) is 1. The maximum atomic E-state index is 12.7. The molecule has 2 rings (SSSR count). The quantitative estimate of drug-likeness (QED) is 0.835. The Morgan fingerprint density at radius 2 is 2.05 bits per heavy atom. The van der Waals surface area contributed by atoms with E-state index in [2.05, 4.69) is 4.74 Å². The second-order valence-corrected chi connectivity index (χ2v) is 7.19. The maximum Gasteiger partial charge on any atom is 0.339 e. The first kappa shape index (κ1) is 15.9. The van der Waals surface area contributed by atoms with E-state index < -0.39 is 16.0 Å². The molecule has 2 unspecified atom stereocenters. The summed E-state index contributed by atoms with van der Waals surface area (Å²) in [7, 11) is -2.53. The summed E-state index contributed by atoms with van der Waals surface area (Å²) in [6.07, 6.45) is 0.709. The van der Waals surface area contributed by atoms with E-state index in [-0.39, 0.29) is 29.0 Å². The van der Waals surface area contributed by atoms with E-state index in [0.717, 1.165) is 0 Å². The van der Waals surface area contributed by atoms with Gasteiger partial charge in [-0.3, -0.25) is 0 Å². The van der Waals surface area contributed by atoms with E-state index >= 15 is 0 Å². The van der Waals surface area contributed by atoms with Gasteiger partial charge in [0.05, 0.1) is 17.6 Å². The second-order valence-electron chi connectivity index (χ2n) is 5.28. The highest BCUT2D eigenvalue weighted by molar-refractivity contribution is 7.89. The summed E-state index contributed by atoms with van der Waals surface area (Å²) in [5, 5.41) is 0. The molecule has 1 aliphatic heterocycles. The predicted molar refractivity (Wildman–Crippen MR) is 78.3 cm³/mol. The van der Waals surface area contributed by atoms with Gasteiger partial charge >= 0.3 is 5.97 Å². The van der Waals surface area contributed by atoms with Gasteiger partial charge in [0.15, 0.2) is 0 Å². The van der Waals surface area contributed by atoms with E-state index in [9.17, 15) is 13.2 Å². The number of rotatable bonds is 3. The number of ether oxygens (including phenoxy) is 1. The molecule has 2 atom stereocenters. The number of carbonyl (C=O) groups excluding carboxylic acids is 1. The number of hydrogen-bond acceptors (Lipinski definition) is 5. The van der Waals surface area contributed by atoms with Crippen molar-refractivity contribution in [3.8, 4) is 0 Å². The van der Waals surface area contributed by atoms with E-state index in [1.165, 1.54) is 23.5 Å². The molecule has 1 heterocycles. The minimum Gasteiger partial charge on any atom is -0.465 e. The van der Waals surface area contributed by atoms with Crippen molar-refractivity contribution < 1.29 is 17.9 Å². The number of piperidine rings is 1. The average Bonchev–Trinajstić information content (AvgIpc) is 2.49. The highest BCUT2D eigenvalue weighted by atomic mass is 32.2. The van der Waals surface area contributed by atoms with Crippen LogP contribution in [0.2, 0.25) is 0 Å². The molecule has 0 saturated carbocycles. The molecule has 7 heteroatoms. The zero-order valence-corrected chi connectivity index (χ0v) is 13.0. The zero-order valence-electron chi connectivity index (χ0n) is 12.2. The first-order valence-electron chi connectivity index (χ1n) is 6.81. The van der Waals surface area contributed by atoms with Gasteiger partial charge in [0.25, 0.3) is 0 Å². The summed E-state index contributed by atoms with van der Waals surface area (Å²) in [6, 6.07) is 5.87. The molecule has 0 bridgehead atoms. The van der Waals surface area contributed by atoms with E-state index in [1.807, 2.05) is 6.92 Å². The minimum atomic E-state index is -3.75. The van der Waals surface area contributed by atoms with Crippen molar-refractivity contribution in [3.05, 3.63) is 29.8 Å². The van der Waals surface area contributed by atoms with Crippen LogP contribution in [0.15, 0.2) is 29.2 Å². The van der Waals surface area contributed by atoms with Crippen molar-refractivity contribution in [3.63, 3.8) is 0 Å². The third-order valence-corrected chi connectivity index (χ3v) is 5.81. The van der Waals surface area contributed by atoms with Crippen LogP contribution >= 0.6 is 0 Å². The van der Waals surface area contributed by atoms with Crippen LogP contribution < -0.4 is 5.73 Å². The Labute approximate surface area is 124 Å². The van der Waals surface area contributed by atoms with Crippen LogP contribution in [0.1, 0.15) is 23.7 Å². The smallest absolute Gasteiger partial charge is 0.339 e. The molecule has 1 saturated heterocycles. The summed E-state index contributed by atoms with van der Waals surface area (Å²) < 4.78 is 31.5. The molecular weight excluding hydrogens is 292 g/mol. The Balaban J connectivity index is 2.39. The van der Waals surface area contributed by atoms with Crippen molar-refractivity contribution in [2.45, 2.75) is 24.3 Å². The first-order valence-corrected chi connectivity index (χ1v) is 8.25. The predicted octanol–water partition coefficient (Wildman–Crippen LogP) is 0.831. The molecular formula is C14H20N2O4S. The van der Waals surface area contributed by atoms with Gasteiger partial charge in [0.1, 0.15) is 0 Å². The van der Waals surface area contributed by atoms with Crippen molar-refractivity contribution in [2.24, 2.45) is 11.7 Å². The fourth-order valence-electron chi connectivity index (χ4n) is 2.40. The lowest BCUT2D eigenvalue weighted by molar-refractivity contribution is 0.0596. The van der Waals surface area contributed by atoms with E-state index in [4.69, 9.17) is 5.73 Å². The van der Waals surface area contributed by atoms with Crippen molar-refractivity contribution in [2.75, 3.05) is 20.2 Å². The molecule has 1 aliphatic rings. The number of esters is 1. The van der Waals surface area contributed by atoms with Gasteiger partial charge in [-0.05, 0) is 24.5 Å². The highest BCUT2D eigenvalue weighted by Crippen LogP contribution is 2.25. The van der Waals surface area contributed by atoms with Crippen LogP contribution in [0.4, 0.5) is 0 Å². The first-order chi connectivity index (χ1) is 9.87. The molecule has 0 radical (unpaired) electrons. The number of hydrogen-bond donors (Lipinski definition) is 1. The third-order valence-electron chi connectivity index (χ3n) is 3.89. The van der Waals surface area contributed by atoms with Crippen LogP contribution in [0.3, 0.4) is 0 Å². The van der Waals surface area contributed by atoms with Crippen molar-refractivity contribution >= 4 is 16.0 Å². The number of nitrogens with two attached hydrogens (primary N) is 1. The van der Waals surface area contributed by atoms with Crippen LogP contribution in [0.5, 0.6) is 0 Å². The summed E-state index contributed by atoms with van der Waals surface area (Å²) in [5.74, 6) is -0.379. The molecule has 1 aromatic carbocycles. The molecule has 6 nitrogen and oxygen atoms in total. The van der Waals surface area contributed by atoms with E-state index in [1.54, 1.807) is 12.1 Å². The summed E-state index contributed by atoms with van der Waals surface area (Å²) in [4.78, 5) is 11.7. The zero-order chi connectivity index (χ0) is 15.6. The van der Waals surface area contributed by atoms with Crippen LogP contribution in [0, 0.1) is 5.92 Å². The van der Waals surface area contributed by atoms with Crippen LogP contribution in [-0.4, -0.2) is 44.9 Å². The molecule has 0 aliphatic carbocycles. The number of carbonyl (C=O) groups is 1. The monoisotopic (exact) mass is 312 g/mol. The molecule has 0 aromatic heterocycles. The van der Waals surface area contributed by atoms with Gasteiger partial charge in [-0.2, -0.15) is 4.31 Å². The lowest BCUT2D eigenvalue weighted by Gasteiger charge is -2.34. The topological polar surface area (TPSA) is 89.7 Å². The molecule has 0 spiro atoms. The van der Waals surface area contributed by atoms with Gasteiger partial charge in [-0.15, -0.1) is 0 Å². The van der Waals surface area contributed by atoms with Gasteiger partial charge < -0.3 is 10.5 Å². The fraction of sp³-hybridized carbons (Fsp3) is 0.500. The van der Waals surface area contributed by atoms with Crippen molar-refractivity contribution in [1.82, 2.24) is 4.31 Å². The summed E-state index contributed by atoms with van der Waals surface area (Å²) in [5.41, 5.74) is 6.02. The number of methoxy groups -OCH3 is 1. The van der Waals surface area contributed by atoms with Gasteiger partial charge in [-0.1, -0.05) is 19.1 Å².